The van der Waals surface area contributed by atoms with Gasteiger partial charge in [-0.1, -0.05) is 11.8 Å². The molecule has 0 fully saturated rings. The number of aryl methyl sites for hydroxylation is 1. The van der Waals surface area contributed by atoms with Gasteiger partial charge < -0.3 is 9.88 Å². The summed E-state index contributed by atoms with van der Waals surface area (Å²) in [4.78, 5) is 16.2. The van der Waals surface area contributed by atoms with E-state index in [2.05, 4.69) is 10.3 Å². The molecule has 0 unspecified atom stereocenters. The lowest BCUT2D eigenvalue weighted by Gasteiger charge is -2.05. The molecule has 0 bridgehead atoms. The summed E-state index contributed by atoms with van der Waals surface area (Å²) in [5, 5.41) is 12.5. The Labute approximate surface area is 135 Å². The van der Waals surface area contributed by atoms with Crippen LogP contribution in [0.3, 0.4) is 0 Å². The van der Waals surface area contributed by atoms with Gasteiger partial charge in [-0.05, 0) is 30.2 Å². The number of nitriles is 1. The standard InChI is InChI=1S/C15H12F2N4OS/c16-10-2-3-11(17)9(7-10)1-4-13(22)19-14-12(8-18)21-5-6-23-15(21)20-14/h2-3,7H,1,4-6H2,(H,19,22). The van der Waals surface area contributed by atoms with E-state index in [1.54, 1.807) is 4.57 Å². The second kappa shape index (κ2) is 6.38. The maximum Gasteiger partial charge on any atom is 0.225 e. The molecule has 0 saturated heterocycles. The number of imidazole rings is 1. The zero-order valence-corrected chi connectivity index (χ0v) is 12.8. The van der Waals surface area contributed by atoms with E-state index >= 15 is 0 Å². The minimum absolute atomic E-state index is 0.0272. The Morgan fingerprint density at radius 3 is 3.09 bits per heavy atom. The predicted molar refractivity (Wildman–Crippen MR) is 81.0 cm³/mol. The Kier molecular flexibility index (Phi) is 4.30. The van der Waals surface area contributed by atoms with Crippen molar-refractivity contribution in [2.75, 3.05) is 11.1 Å². The quantitative estimate of drug-likeness (QED) is 0.933. The fraction of sp³-hybridized carbons (Fsp3) is 0.267. The van der Waals surface area contributed by atoms with Crippen LogP contribution in [0.5, 0.6) is 0 Å². The van der Waals surface area contributed by atoms with Gasteiger partial charge in [0.1, 0.15) is 17.7 Å². The molecule has 2 aromatic rings. The number of anilines is 1. The summed E-state index contributed by atoms with van der Waals surface area (Å²) in [6, 6.07) is 5.17. The van der Waals surface area contributed by atoms with E-state index < -0.39 is 17.5 Å². The van der Waals surface area contributed by atoms with E-state index in [0.717, 1.165) is 24.0 Å². The number of fused-ring (bicyclic) bond motifs is 1. The highest BCUT2D eigenvalue weighted by Gasteiger charge is 2.22. The van der Waals surface area contributed by atoms with Gasteiger partial charge in [0.05, 0.1) is 0 Å². The number of carbonyl (C=O) groups is 1. The van der Waals surface area contributed by atoms with Crippen molar-refractivity contribution >= 4 is 23.5 Å². The number of thioether (sulfide) groups is 1. The lowest BCUT2D eigenvalue weighted by atomic mass is 10.1. The normalized spacial score (nSPS) is 12.7. The number of rotatable bonds is 4. The number of hydrogen-bond donors (Lipinski definition) is 1. The number of halogens is 2. The van der Waals surface area contributed by atoms with Crippen LogP contribution in [0.2, 0.25) is 0 Å². The average molecular weight is 334 g/mol. The first-order chi connectivity index (χ1) is 11.1. The second-order valence-corrected chi connectivity index (χ2v) is 6.05. The van der Waals surface area contributed by atoms with Gasteiger partial charge >= 0.3 is 0 Å². The Bertz CT molecular complexity index is 813. The number of carbonyl (C=O) groups excluding carboxylic acids is 1. The first-order valence-corrected chi connectivity index (χ1v) is 7.94. The number of nitrogens with one attached hydrogen (secondary N) is 1. The highest BCUT2D eigenvalue weighted by Crippen LogP contribution is 2.30. The Hall–Kier alpha value is -2.40. The number of hydrogen-bond acceptors (Lipinski definition) is 4. The molecular weight excluding hydrogens is 322 g/mol. The van der Waals surface area contributed by atoms with E-state index in [1.165, 1.54) is 11.8 Å². The average Bonchev–Trinajstić information content (AvgIpc) is 3.08. The van der Waals surface area contributed by atoms with Gasteiger partial charge in [0.2, 0.25) is 5.91 Å². The third-order valence-electron chi connectivity index (χ3n) is 3.47. The first kappa shape index (κ1) is 15.5. The molecule has 0 saturated carbocycles. The largest absolute Gasteiger partial charge is 0.308 e. The molecule has 5 nitrogen and oxygen atoms in total. The molecule has 0 atom stereocenters. The van der Waals surface area contributed by atoms with Gasteiger partial charge in [-0.25, -0.2) is 13.8 Å². The van der Waals surface area contributed by atoms with Crippen molar-refractivity contribution in [1.82, 2.24) is 9.55 Å². The molecule has 118 valence electrons. The summed E-state index contributed by atoms with van der Waals surface area (Å²) < 4.78 is 28.4. The molecule has 1 N–H and O–H groups in total. The molecule has 1 aliphatic rings. The van der Waals surface area contributed by atoms with Crippen LogP contribution in [-0.2, 0) is 17.8 Å². The first-order valence-electron chi connectivity index (χ1n) is 6.95. The summed E-state index contributed by atoms with van der Waals surface area (Å²) in [5.41, 5.74) is 0.457. The molecule has 23 heavy (non-hydrogen) atoms. The van der Waals surface area contributed by atoms with Crippen LogP contribution in [0.1, 0.15) is 17.7 Å². The van der Waals surface area contributed by atoms with Crippen LogP contribution < -0.4 is 5.32 Å². The van der Waals surface area contributed by atoms with Crippen molar-refractivity contribution in [2.45, 2.75) is 24.5 Å². The summed E-state index contributed by atoms with van der Waals surface area (Å²) in [6.45, 7) is 0.681. The van der Waals surface area contributed by atoms with E-state index in [-0.39, 0.29) is 24.2 Å². The second-order valence-electron chi connectivity index (χ2n) is 4.99. The Morgan fingerprint density at radius 1 is 1.48 bits per heavy atom. The van der Waals surface area contributed by atoms with Crippen molar-refractivity contribution in [2.24, 2.45) is 0 Å². The van der Waals surface area contributed by atoms with Gasteiger partial charge in [-0.15, -0.1) is 0 Å². The van der Waals surface area contributed by atoms with Gasteiger partial charge in [-0.3, -0.25) is 4.79 Å². The minimum Gasteiger partial charge on any atom is -0.308 e. The van der Waals surface area contributed by atoms with Crippen molar-refractivity contribution in [1.29, 1.82) is 5.26 Å². The smallest absolute Gasteiger partial charge is 0.225 e. The molecule has 0 radical (unpaired) electrons. The lowest BCUT2D eigenvalue weighted by Crippen LogP contribution is -2.14. The molecule has 1 aromatic heterocycles. The summed E-state index contributed by atoms with van der Waals surface area (Å²) in [6.07, 6.45) is 0.0419. The molecule has 1 aliphatic heterocycles. The molecule has 1 aromatic carbocycles. The number of benzene rings is 1. The van der Waals surface area contributed by atoms with E-state index in [9.17, 15) is 18.8 Å². The molecule has 8 heteroatoms. The monoisotopic (exact) mass is 334 g/mol. The number of aromatic nitrogens is 2. The third-order valence-corrected chi connectivity index (χ3v) is 4.43. The minimum atomic E-state index is -0.547. The van der Waals surface area contributed by atoms with Gasteiger partial charge in [0, 0.05) is 18.7 Å². The zero-order valence-electron chi connectivity index (χ0n) is 12.0. The van der Waals surface area contributed by atoms with Crippen LogP contribution in [0.15, 0.2) is 23.4 Å². The molecule has 1 amide bonds. The highest BCUT2D eigenvalue weighted by molar-refractivity contribution is 7.99. The summed E-state index contributed by atoms with van der Waals surface area (Å²) in [7, 11) is 0. The topological polar surface area (TPSA) is 70.7 Å². The van der Waals surface area contributed by atoms with Crippen molar-refractivity contribution in [3.8, 4) is 6.07 Å². The maximum absolute atomic E-state index is 13.5. The van der Waals surface area contributed by atoms with E-state index in [0.29, 0.717) is 17.4 Å². The number of amides is 1. The van der Waals surface area contributed by atoms with Gasteiger partial charge in [0.25, 0.3) is 0 Å². The fourth-order valence-electron chi connectivity index (χ4n) is 2.36. The fourth-order valence-corrected chi connectivity index (χ4v) is 3.31. The van der Waals surface area contributed by atoms with Crippen molar-refractivity contribution in [3.05, 3.63) is 41.1 Å². The van der Waals surface area contributed by atoms with Crippen LogP contribution in [-0.4, -0.2) is 21.2 Å². The van der Waals surface area contributed by atoms with Crippen LogP contribution in [0, 0.1) is 23.0 Å². The van der Waals surface area contributed by atoms with Crippen LogP contribution >= 0.6 is 11.8 Å². The SMILES string of the molecule is N#Cc1c(NC(=O)CCc2cc(F)ccc2F)nc2n1CCS2. The predicted octanol–water partition coefficient (Wildman–Crippen LogP) is 2.71. The molecule has 0 aliphatic carbocycles. The van der Waals surface area contributed by atoms with Crippen molar-refractivity contribution < 1.29 is 13.6 Å². The van der Waals surface area contributed by atoms with Crippen molar-refractivity contribution in [3.63, 3.8) is 0 Å². The van der Waals surface area contributed by atoms with Crippen LogP contribution in [0.25, 0.3) is 0 Å². The number of nitrogens with zero attached hydrogens (tertiary/aromatic N) is 3. The van der Waals surface area contributed by atoms with E-state index in [1.807, 2.05) is 6.07 Å². The van der Waals surface area contributed by atoms with E-state index in [4.69, 9.17) is 0 Å². The highest BCUT2D eigenvalue weighted by atomic mass is 32.2. The maximum atomic E-state index is 13.5. The molecular formula is C15H12F2N4OS. The molecule has 0 spiro atoms. The van der Waals surface area contributed by atoms with Gasteiger partial charge in [0.15, 0.2) is 16.7 Å². The molecule has 2 heterocycles. The zero-order chi connectivity index (χ0) is 16.4. The summed E-state index contributed by atoms with van der Waals surface area (Å²) in [5.74, 6) is -0.416. The Morgan fingerprint density at radius 2 is 2.30 bits per heavy atom. The lowest BCUT2D eigenvalue weighted by molar-refractivity contribution is -0.116. The van der Waals surface area contributed by atoms with Gasteiger partial charge in [-0.2, -0.15) is 5.26 Å². The summed E-state index contributed by atoms with van der Waals surface area (Å²) >= 11 is 1.52. The Balaban J connectivity index is 1.66. The van der Waals surface area contributed by atoms with Crippen LogP contribution in [0.4, 0.5) is 14.6 Å². The molecule has 3 rings (SSSR count). The third kappa shape index (κ3) is 3.19.